The predicted octanol–water partition coefficient (Wildman–Crippen LogP) is 0.793. The molecule has 8 nitrogen and oxygen atoms in total. The number of hydrogen-bond donors (Lipinski definition) is 0. The van der Waals surface area contributed by atoms with Crippen LogP contribution in [0.1, 0.15) is 19.7 Å². The molecule has 1 aromatic heterocycles. The first-order valence-electron chi connectivity index (χ1n) is 7.14. The molecule has 1 aliphatic rings. The Labute approximate surface area is 134 Å². The minimum Gasteiger partial charge on any atom is -0.486 e. The number of fused-ring (bicyclic) bond motifs is 1. The lowest BCUT2D eigenvalue weighted by atomic mass is 10.2. The Hall–Kier alpha value is -2.16. The molecule has 0 amide bonds. The predicted molar refractivity (Wildman–Crippen MR) is 82.0 cm³/mol. The molecule has 0 aliphatic carbocycles. The van der Waals surface area contributed by atoms with Gasteiger partial charge in [0.2, 0.25) is 0 Å². The van der Waals surface area contributed by atoms with Crippen LogP contribution in [0.5, 0.6) is 11.5 Å². The SMILES string of the molecule is CC(C)(c1nnn(CC2COc3ccccc3O2)n1)S(C)(=O)=O. The third-order valence-corrected chi connectivity index (χ3v) is 5.89. The van der Waals surface area contributed by atoms with E-state index in [1.54, 1.807) is 13.8 Å². The molecular weight excluding hydrogens is 320 g/mol. The van der Waals surface area contributed by atoms with Gasteiger partial charge in [0.1, 0.15) is 17.9 Å². The molecule has 23 heavy (non-hydrogen) atoms. The zero-order valence-electron chi connectivity index (χ0n) is 13.1. The number of hydrogen-bond acceptors (Lipinski definition) is 7. The van der Waals surface area contributed by atoms with E-state index in [1.165, 1.54) is 4.80 Å². The topological polar surface area (TPSA) is 96.2 Å². The van der Waals surface area contributed by atoms with E-state index in [-0.39, 0.29) is 11.9 Å². The molecule has 2 aromatic rings. The Morgan fingerprint density at radius 3 is 2.70 bits per heavy atom. The van der Waals surface area contributed by atoms with Gasteiger partial charge in [0, 0.05) is 6.26 Å². The van der Waals surface area contributed by atoms with Gasteiger partial charge in [-0.3, -0.25) is 0 Å². The van der Waals surface area contributed by atoms with Crippen LogP contribution in [0.2, 0.25) is 0 Å². The summed E-state index contributed by atoms with van der Waals surface area (Å²) in [7, 11) is -3.35. The molecule has 0 bridgehead atoms. The van der Waals surface area contributed by atoms with Crippen molar-refractivity contribution in [3.05, 3.63) is 30.1 Å². The summed E-state index contributed by atoms with van der Waals surface area (Å²) in [6.07, 6.45) is 0.885. The first-order chi connectivity index (χ1) is 10.8. The van der Waals surface area contributed by atoms with Gasteiger partial charge in [-0.25, -0.2) is 8.42 Å². The monoisotopic (exact) mass is 338 g/mol. The van der Waals surface area contributed by atoms with Gasteiger partial charge in [-0.15, -0.1) is 10.2 Å². The maximum atomic E-state index is 11.8. The van der Waals surface area contributed by atoms with Crippen LogP contribution in [-0.4, -0.2) is 47.6 Å². The molecule has 0 radical (unpaired) electrons. The highest BCUT2D eigenvalue weighted by Crippen LogP contribution is 2.31. The zero-order valence-corrected chi connectivity index (χ0v) is 13.9. The molecule has 1 aromatic carbocycles. The first-order valence-corrected chi connectivity index (χ1v) is 9.03. The lowest BCUT2D eigenvalue weighted by molar-refractivity contribution is 0.0721. The van der Waals surface area contributed by atoms with Crippen molar-refractivity contribution in [2.24, 2.45) is 0 Å². The van der Waals surface area contributed by atoms with E-state index in [9.17, 15) is 8.42 Å². The van der Waals surface area contributed by atoms with E-state index in [2.05, 4.69) is 15.4 Å². The molecule has 1 unspecified atom stereocenters. The minimum absolute atomic E-state index is 0.164. The summed E-state index contributed by atoms with van der Waals surface area (Å²) in [4.78, 5) is 1.34. The maximum Gasteiger partial charge on any atom is 0.195 e. The fraction of sp³-hybridized carbons (Fsp3) is 0.500. The average molecular weight is 338 g/mol. The van der Waals surface area contributed by atoms with E-state index in [0.717, 1.165) is 6.26 Å². The molecule has 124 valence electrons. The Kier molecular flexibility index (Phi) is 3.75. The van der Waals surface area contributed by atoms with Crippen LogP contribution in [-0.2, 0) is 21.1 Å². The Balaban J connectivity index is 1.74. The van der Waals surface area contributed by atoms with Crippen LogP contribution in [0.25, 0.3) is 0 Å². The molecule has 0 spiro atoms. The van der Waals surface area contributed by atoms with Crippen molar-refractivity contribution in [3.8, 4) is 11.5 Å². The molecule has 2 heterocycles. The third kappa shape index (κ3) is 3.00. The number of rotatable bonds is 4. The van der Waals surface area contributed by atoms with Gasteiger partial charge in [0.05, 0.1) is 0 Å². The van der Waals surface area contributed by atoms with Crippen molar-refractivity contribution >= 4 is 9.84 Å². The number of aromatic nitrogens is 4. The zero-order chi connectivity index (χ0) is 16.7. The van der Waals surface area contributed by atoms with E-state index in [0.29, 0.717) is 24.7 Å². The van der Waals surface area contributed by atoms with E-state index >= 15 is 0 Å². The van der Waals surface area contributed by atoms with Gasteiger partial charge in [0.15, 0.2) is 33.3 Å². The van der Waals surface area contributed by atoms with E-state index in [4.69, 9.17) is 9.47 Å². The smallest absolute Gasteiger partial charge is 0.195 e. The number of benzene rings is 1. The highest BCUT2D eigenvalue weighted by atomic mass is 32.2. The van der Waals surface area contributed by atoms with Gasteiger partial charge in [-0.2, -0.15) is 4.80 Å². The largest absolute Gasteiger partial charge is 0.486 e. The average Bonchev–Trinajstić information content (AvgIpc) is 2.95. The lowest BCUT2D eigenvalue weighted by Crippen LogP contribution is -2.34. The molecule has 3 rings (SSSR count). The fourth-order valence-corrected chi connectivity index (χ4v) is 2.48. The number of para-hydroxylation sites is 2. The summed E-state index contributed by atoms with van der Waals surface area (Å²) in [5.41, 5.74) is 0. The van der Waals surface area contributed by atoms with Crippen LogP contribution in [0, 0.1) is 0 Å². The first kappa shape index (κ1) is 15.7. The van der Waals surface area contributed by atoms with Gasteiger partial charge in [-0.05, 0) is 31.2 Å². The second-order valence-electron chi connectivity index (χ2n) is 5.95. The minimum atomic E-state index is -3.35. The molecule has 1 atom stereocenters. The van der Waals surface area contributed by atoms with Gasteiger partial charge in [-0.1, -0.05) is 12.1 Å². The molecule has 1 aliphatic heterocycles. The number of nitrogens with zero attached hydrogens (tertiary/aromatic N) is 4. The number of ether oxygens (including phenoxy) is 2. The Morgan fingerprint density at radius 2 is 2.00 bits per heavy atom. The molecule has 9 heteroatoms. The van der Waals surface area contributed by atoms with Crippen molar-refractivity contribution in [1.82, 2.24) is 20.2 Å². The van der Waals surface area contributed by atoms with E-state index < -0.39 is 14.6 Å². The standard InChI is InChI=1S/C14H18N4O4S/c1-14(2,23(3,19)20)13-15-17-18(16-13)8-10-9-21-11-6-4-5-7-12(11)22-10/h4-7,10H,8-9H2,1-3H3. The summed E-state index contributed by atoms with van der Waals surface area (Å²) in [5.74, 6) is 1.53. The summed E-state index contributed by atoms with van der Waals surface area (Å²) in [6, 6.07) is 7.41. The summed E-state index contributed by atoms with van der Waals surface area (Å²) in [5, 5.41) is 12.0. The van der Waals surface area contributed by atoms with Crippen LogP contribution in [0.4, 0.5) is 0 Å². The molecule has 0 saturated carbocycles. The van der Waals surface area contributed by atoms with Gasteiger partial charge < -0.3 is 9.47 Å². The highest BCUT2D eigenvalue weighted by molar-refractivity contribution is 7.91. The van der Waals surface area contributed by atoms with Gasteiger partial charge in [0.25, 0.3) is 0 Å². The quantitative estimate of drug-likeness (QED) is 0.813. The lowest BCUT2D eigenvalue weighted by Gasteiger charge is -2.25. The van der Waals surface area contributed by atoms with Crippen molar-refractivity contribution in [1.29, 1.82) is 0 Å². The summed E-state index contributed by atoms with van der Waals surface area (Å²) >= 11 is 0. The van der Waals surface area contributed by atoms with E-state index in [1.807, 2.05) is 24.3 Å². The van der Waals surface area contributed by atoms with Crippen molar-refractivity contribution in [2.45, 2.75) is 31.2 Å². The van der Waals surface area contributed by atoms with Gasteiger partial charge >= 0.3 is 0 Å². The second-order valence-corrected chi connectivity index (χ2v) is 8.51. The Morgan fingerprint density at radius 1 is 1.30 bits per heavy atom. The third-order valence-electron chi connectivity index (χ3n) is 3.85. The van der Waals surface area contributed by atoms with Crippen LogP contribution < -0.4 is 9.47 Å². The number of sulfone groups is 1. The summed E-state index contributed by atoms with van der Waals surface area (Å²) in [6.45, 7) is 3.80. The van der Waals surface area contributed by atoms with Crippen LogP contribution >= 0.6 is 0 Å². The van der Waals surface area contributed by atoms with Crippen molar-refractivity contribution in [2.75, 3.05) is 12.9 Å². The molecule has 0 N–H and O–H groups in total. The maximum absolute atomic E-state index is 11.8. The molecule has 0 saturated heterocycles. The molecule has 0 fully saturated rings. The molecular formula is C14H18N4O4S. The second kappa shape index (κ2) is 5.48. The summed E-state index contributed by atoms with van der Waals surface area (Å²) < 4.78 is 33.9. The Bertz CT molecular complexity index is 816. The van der Waals surface area contributed by atoms with Crippen LogP contribution in [0.3, 0.4) is 0 Å². The number of tetrazole rings is 1. The normalized spacial score (nSPS) is 18.0. The fourth-order valence-electron chi connectivity index (χ4n) is 2.06. The van der Waals surface area contributed by atoms with Crippen molar-refractivity contribution in [3.63, 3.8) is 0 Å². The van der Waals surface area contributed by atoms with Crippen molar-refractivity contribution < 1.29 is 17.9 Å². The van der Waals surface area contributed by atoms with Crippen LogP contribution in [0.15, 0.2) is 24.3 Å². The highest BCUT2D eigenvalue weighted by Gasteiger charge is 2.37.